The van der Waals surface area contributed by atoms with Gasteiger partial charge in [-0.15, -0.1) is 0 Å². The van der Waals surface area contributed by atoms with Crippen LogP contribution in [-0.2, 0) is 4.84 Å². The Labute approximate surface area is 91.1 Å². The maximum Gasteiger partial charge on any atom is 0.156 e. The molecule has 3 nitrogen and oxygen atoms in total. The largest absolute Gasteiger partial charge is 0.392 e. The van der Waals surface area contributed by atoms with Crippen LogP contribution in [0.1, 0.15) is 12.0 Å². The molecule has 1 aliphatic rings. The van der Waals surface area contributed by atoms with Crippen molar-refractivity contribution < 1.29 is 14.3 Å². The smallest absolute Gasteiger partial charge is 0.156 e. The molecule has 1 aromatic rings. The highest BCUT2D eigenvalue weighted by Crippen LogP contribution is 2.25. The van der Waals surface area contributed by atoms with Gasteiger partial charge in [0.15, 0.2) is 6.10 Å². The van der Waals surface area contributed by atoms with E-state index < -0.39 is 11.9 Å². The number of hydrogen-bond donors (Lipinski definition) is 1. The third kappa shape index (κ3) is 1.96. The van der Waals surface area contributed by atoms with Gasteiger partial charge in [-0.05, 0) is 12.1 Å². The molecule has 0 amide bonds. The predicted molar refractivity (Wildman–Crippen MR) is 54.5 cm³/mol. The number of hydrogen-bond acceptors (Lipinski definition) is 3. The van der Waals surface area contributed by atoms with E-state index in [4.69, 9.17) is 21.5 Å². The average Bonchev–Trinajstić information content (AvgIpc) is 2.66. The van der Waals surface area contributed by atoms with E-state index in [0.29, 0.717) is 17.2 Å². The van der Waals surface area contributed by atoms with Crippen molar-refractivity contribution in [2.75, 3.05) is 6.61 Å². The third-order valence-corrected chi connectivity index (χ3v) is 2.50. The van der Waals surface area contributed by atoms with Crippen LogP contribution in [0.15, 0.2) is 23.4 Å². The summed E-state index contributed by atoms with van der Waals surface area (Å²) in [6, 6.07) is 4.44. The van der Waals surface area contributed by atoms with Crippen molar-refractivity contribution >= 4 is 17.3 Å². The summed E-state index contributed by atoms with van der Waals surface area (Å²) < 4.78 is 13.5. The number of aliphatic hydroxyl groups is 1. The van der Waals surface area contributed by atoms with Crippen molar-refractivity contribution in [1.29, 1.82) is 0 Å². The summed E-state index contributed by atoms with van der Waals surface area (Å²) in [6.07, 6.45) is -0.0207. The number of oxime groups is 1. The zero-order chi connectivity index (χ0) is 10.8. The highest BCUT2D eigenvalue weighted by molar-refractivity contribution is 6.34. The molecule has 1 unspecified atom stereocenters. The van der Waals surface area contributed by atoms with Gasteiger partial charge in [0.2, 0.25) is 0 Å². The summed E-state index contributed by atoms with van der Waals surface area (Å²) in [4.78, 5) is 4.89. The van der Waals surface area contributed by atoms with Gasteiger partial charge in [0.1, 0.15) is 5.82 Å². The lowest BCUT2D eigenvalue weighted by Gasteiger charge is -2.04. The zero-order valence-electron chi connectivity index (χ0n) is 7.78. The molecule has 1 N–H and O–H groups in total. The van der Waals surface area contributed by atoms with Crippen molar-refractivity contribution in [3.05, 3.63) is 34.6 Å². The fourth-order valence-corrected chi connectivity index (χ4v) is 1.72. The maximum atomic E-state index is 13.5. The van der Waals surface area contributed by atoms with Gasteiger partial charge in [-0.3, -0.25) is 0 Å². The first-order valence-electron chi connectivity index (χ1n) is 4.50. The minimum absolute atomic E-state index is 0.140. The van der Waals surface area contributed by atoms with Crippen molar-refractivity contribution in [3.63, 3.8) is 0 Å². The van der Waals surface area contributed by atoms with Crippen LogP contribution in [0.4, 0.5) is 4.39 Å². The van der Waals surface area contributed by atoms with E-state index in [2.05, 4.69) is 5.16 Å². The van der Waals surface area contributed by atoms with Gasteiger partial charge in [-0.1, -0.05) is 22.8 Å². The molecule has 1 heterocycles. The second-order valence-electron chi connectivity index (χ2n) is 3.25. The van der Waals surface area contributed by atoms with Crippen LogP contribution < -0.4 is 0 Å². The van der Waals surface area contributed by atoms with E-state index in [1.807, 2.05) is 0 Å². The molecule has 5 heteroatoms. The summed E-state index contributed by atoms with van der Waals surface area (Å²) in [7, 11) is 0. The first kappa shape index (κ1) is 10.4. The average molecular weight is 230 g/mol. The van der Waals surface area contributed by atoms with Gasteiger partial charge in [0.25, 0.3) is 0 Å². The Morgan fingerprint density at radius 3 is 3.00 bits per heavy atom. The maximum absolute atomic E-state index is 13.5. The molecule has 15 heavy (non-hydrogen) atoms. The third-order valence-electron chi connectivity index (χ3n) is 2.19. The molecule has 0 radical (unpaired) electrons. The summed E-state index contributed by atoms with van der Waals surface area (Å²) in [5.41, 5.74) is 0.701. The number of aliphatic hydroxyl groups excluding tert-OH is 1. The van der Waals surface area contributed by atoms with Crippen LogP contribution in [0.25, 0.3) is 0 Å². The molecule has 0 bridgehead atoms. The minimum Gasteiger partial charge on any atom is -0.392 e. The zero-order valence-corrected chi connectivity index (χ0v) is 8.54. The Bertz CT molecular complexity index is 388. The lowest BCUT2D eigenvalue weighted by molar-refractivity contribution is 0.0390. The van der Waals surface area contributed by atoms with Crippen LogP contribution in [0.5, 0.6) is 0 Å². The van der Waals surface area contributed by atoms with Crippen LogP contribution >= 0.6 is 11.6 Å². The summed E-state index contributed by atoms with van der Waals surface area (Å²) in [6.45, 7) is -0.140. The molecule has 1 atom stereocenters. The number of nitrogens with zero attached hydrogens (tertiary/aromatic N) is 1. The van der Waals surface area contributed by atoms with E-state index in [1.165, 1.54) is 12.1 Å². The SMILES string of the molecule is OCC1CC(c2c(F)cccc2Cl)=NO1. The molecular weight excluding hydrogens is 221 g/mol. The van der Waals surface area contributed by atoms with E-state index >= 15 is 0 Å². The van der Waals surface area contributed by atoms with Gasteiger partial charge in [-0.25, -0.2) is 4.39 Å². The van der Waals surface area contributed by atoms with Crippen LogP contribution in [0, 0.1) is 5.82 Å². The normalized spacial score (nSPS) is 19.9. The lowest BCUT2D eigenvalue weighted by Crippen LogP contribution is -2.13. The molecule has 0 saturated heterocycles. The van der Waals surface area contributed by atoms with Crippen molar-refractivity contribution in [3.8, 4) is 0 Å². The number of benzene rings is 1. The fraction of sp³-hybridized carbons (Fsp3) is 0.300. The molecule has 80 valence electrons. The lowest BCUT2D eigenvalue weighted by atomic mass is 10.0. The summed E-state index contributed by atoms with van der Waals surface area (Å²) in [5, 5.41) is 12.9. The molecule has 1 aliphatic heterocycles. The molecule has 2 rings (SSSR count). The van der Waals surface area contributed by atoms with Crippen molar-refractivity contribution in [2.45, 2.75) is 12.5 Å². The van der Waals surface area contributed by atoms with Crippen LogP contribution in [0.3, 0.4) is 0 Å². The molecule has 0 aliphatic carbocycles. The van der Waals surface area contributed by atoms with Gasteiger partial charge < -0.3 is 9.94 Å². The Kier molecular flexibility index (Phi) is 2.88. The summed E-state index contributed by atoms with van der Waals surface area (Å²) in [5.74, 6) is -0.427. The number of rotatable bonds is 2. The second kappa shape index (κ2) is 4.16. The van der Waals surface area contributed by atoms with Gasteiger partial charge in [-0.2, -0.15) is 0 Å². The Balaban J connectivity index is 2.31. The van der Waals surface area contributed by atoms with E-state index in [1.54, 1.807) is 6.07 Å². The Hall–Kier alpha value is -1.13. The van der Waals surface area contributed by atoms with Crippen molar-refractivity contribution in [2.24, 2.45) is 5.16 Å². The van der Waals surface area contributed by atoms with Crippen LogP contribution in [-0.4, -0.2) is 23.5 Å². The number of halogens is 2. The van der Waals surface area contributed by atoms with E-state index in [-0.39, 0.29) is 12.2 Å². The summed E-state index contributed by atoms with van der Waals surface area (Å²) >= 11 is 5.86. The molecular formula is C10H9ClFNO2. The second-order valence-corrected chi connectivity index (χ2v) is 3.66. The van der Waals surface area contributed by atoms with Gasteiger partial charge in [0.05, 0.1) is 22.9 Å². The highest BCUT2D eigenvalue weighted by atomic mass is 35.5. The molecule has 0 aromatic heterocycles. The predicted octanol–water partition coefficient (Wildman–Crippen LogP) is 1.96. The van der Waals surface area contributed by atoms with Crippen molar-refractivity contribution in [1.82, 2.24) is 0 Å². The Morgan fingerprint density at radius 2 is 2.40 bits per heavy atom. The fourth-order valence-electron chi connectivity index (χ4n) is 1.45. The molecule has 0 spiro atoms. The van der Waals surface area contributed by atoms with Gasteiger partial charge in [0, 0.05) is 6.42 Å². The monoisotopic (exact) mass is 229 g/mol. The highest BCUT2D eigenvalue weighted by Gasteiger charge is 2.24. The first-order chi connectivity index (χ1) is 7.22. The quantitative estimate of drug-likeness (QED) is 0.843. The minimum atomic E-state index is -0.427. The molecule has 0 fully saturated rings. The van der Waals surface area contributed by atoms with E-state index in [0.717, 1.165) is 0 Å². The standard InChI is InChI=1S/C10H9ClFNO2/c11-7-2-1-3-8(12)10(7)9-4-6(5-14)15-13-9/h1-3,6,14H,4-5H2. The topological polar surface area (TPSA) is 41.8 Å². The molecule has 0 saturated carbocycles. The Morgan fingerprint density at radius 1 is 1.60 bits per heavy atom. The molecule has 1 aromatic carbocycles. The van der Waals surface area contributed by atoms with Crippen LogP contribution in [0.2, 0.25) is 5.02 Å². The van der Waals surface area contributed by atoms with Gasteiger partial charge >= 0.3 is 0 Å². The van der Waals surface area contributed by atoms with E-state index in [9.17, 15) is 4.39 Å². The first-order valence-corrected chi connectivity index (χ1v) is 4.88.